The van der Waals surface area contributed by atoms with Crippen molar-refractivity contribution in [2.24, 2.45) is 0 Å². The van der Waals surface area contributed by atoms with Crippen LogP contribution >= 0.6 is 6.89 Å². The average Bonchev–Trinajstić information content (AvgIpc) is 2.89. The Labute approximate surface area is 199 Å². The third kappa shape index (κ3) is 4.59. The van der Waals surface area contributed by atoms with Crippen molar-refractivity contribution in [1.82, 2.24) is 0 Å². The van der Waals surface area contributed by atoms with E-state index < -0.39 is 18.8 Å². The Morgan fingerprint density at radius 2 is 0.971 bits per heavy atom. The zero-order valence-electron chi connectivity index (χ0n) is 18.8. The van der Waals surface area contributed by atoms with Crippen LogP contribution in [-0.4, -0.2) is 23.8 Å². The Kier molecular flexibility index (Phi) is 7.41. The molecule has 4 nitrogen and oxygen atoms in total. The van der Waals surface area contributed by atoms with Gasteiger partial charge in [0.1, 0.15) is 5.75 Å². The van der Waals surface area contributed by atoms with E-state index >= 15 is 0 Å². The number of esters is 2. The van der Waals surface area contributed by atoms with E-state index in [-0.39, 0.29) is 11.9 Å². The molecule has 0 atom stereocenters. The van der Waals surface area contributed by atoms with Crippen LogP contribution in [0, 0.1) is 0 Å². The second-order valence-corrected chi connectivity index (χ2v) is 10.8. The van der Waals surface area contributed by atoms with Crippen molar-refractivity contribution < 1.29 is 19.1 Å². The van der Waals surface area contributed by atoms with Gasteiger partial charge in [0.15, 0.2) is 5.29 Å². The fourth-order valence-corrected chi connectivity index (χ4v) is 8.17. The van der Waals surface area contributed by atoms with Gasteiger partial charge in [0, 0.05) is 0 Å². The average molecular weight is 468 g/mol. The maximum absolute atomic E-state index is 13.9. The molecule has 170 valence electrons. The van der Waals surface area contributed by atoms with Crippen LogP contribution in [0.2, 0.25) is 0 Å². The molecule has 0 saturated heterocycles. The third-order valence-electron chi connectivity index (χ3n) is 5.38. The highest BCUT2D eigenvalue weighted by atomic mass is 31.2. The molecule has 0 N–H and O–H groups in total. The number of carbonyl (C=O) groups excluding carboxylic acids is 2. The lowest BCUT2D eigenvalue weighted by Crippen LogP contribution is -2.40. The predicted octanol–water partition coefficient (Wildman–Crippen LogP) is 4.32. The Morgan fingerprint density at radius 3 is 1.35 bits per heavy atom. The SMILES string of the molecule is CCOC(=O)C(C(=O)Oc1ccccc1)=P(c1ccccc1)(c1ccccc1)c1ccccc1. The number of rotatable bonds is 7. The van der Waals surface area contributed by atoms with E-state index in [2.05, 4.69) is 0 Å². The quantitative estimate of drug-likeness (QED) is 0.175. The monoisotopic (exact) mass is 468 g/mol. The van der Waals surface area contributed by atoms with Gasteiger partial charge in [-0.25, -0.2) is 9.59 Å². The smallest absolute Gasteiger partial charge is 0.352 e. The molecule has 34 heavy (non-hydrogen) atoms. The highest BCUT2D eigenvalue weighted by Gasteiger charge is 2.38. The van der Waals surface area contributed by atoms with Crippen LogP contribution in [0.5, 0.6) is 5.75 Å². The van der Waals surface area contributed by atoms with E-state index in [1.54, 1.807) is 31.2 Å². The first-order valence-electron chi connectivity index (χ1n) is 11.1. The van der Waals surface area contributed by atoms with Crippen molar-refractivity contribution in [3.63, 3.8) is 0 Å². The summed E-state index contributed by atoms with van der Waals surface area (Å²) in [5.74, 6) is -1.02. The van der Waals surface area contributed by atoms with Gasteiger partial charge in [-0.3, -0.25) is 0 Å². The maximum Gasteiger partial charge on any atom is 0.352 e. The summed E-state index contributed by atoms with van der Waals surface area (Å²) in [6.45, 7) is -1.11. The van der Waals surface area contributed by atoms with Gasteiger partial charge in [-0.05, 0) is 41.9 Å². The van der Waals surface area contributed by atoms with Crippen molar-refractivity contribution in [3.8, 4) is 5.75 Å². The fourth-order valence-electron chi connectivity index (χ4n) is 3.99. The van der Waals surface area contributed by atoms with Gasteiger partial charge in [0.05, 0.1) is 6.61 Å². The van der Waals surface area contributed by atoms with Gasteiger partial charge < -0.3 is 9.47 Å². The Balaban J connectivity index is 2.16. The molecule has 5 heteroatoms. The van der Waals surface area contributed by atoms with Crippen LogP contribution in [0.4, 0.5) is 0 Å². The van der Waals surface area contributed by atoms with E-state index in [1.165, 1.54) is 0 Å². The molecule has 0 amide bonds. The van der Waals surface area contributed by atoms with Crippen LogP contribution in [0.25, 0.3) is 0 Å². The summed E-state index contributed by atoms with van der Waals surface area (Å²) >= 11 is 0. The molecule has 0 radical (unpaired) electrons. The zero-order valence-corrected chi connectivity index (χ0v) is 19.7. The summed E-state index contributed by atoms with van der Waals surface area (Å²) in [5, 5.41) is 2.59. The first-order valence-corrected chi connectivity index (χ1v) is 12.8. The van der Waals surface area contributed by atoms with Crippen molar-refractivity contribution in [2.45, 2.75) is 6.92 Å². The van der Waals surface area contributed by atoms with E-state index in [4.69, 9.17) is 9.47 Å². The first kappa shape index (κ1) is 23.3. The minimum atomic E-state index is -2.97. The topological polar surface area (TPSA) is 52.6 Å². The fraction of sp³-hybridized carbons (Fsp3) is 0.0690. The normalized spacial score (nSPS) is 10.9. The third-order valence-corrected chi connectivity index (χ3v) is 9.64. The summed E-state index contributed by atoms with van der Waals surface area (Å²) in [6.07, 6.45) is 0. The number of para-hydroxylation sites is 1. The standard InChI is InChI=1S/C29H25O4P/c1-2-32-28(30)27(29(31)33-23-15-7-3-8-16-23)34(24-17-9-4-10-18-24,25-19-11-5-12-20-25)26-21-13-6-14-22-26/h3-22H,2H2,1H3. The second kappa shape index (κ2) is 10.8. The van der Waals surface area contributed by atoms with Gasteiger partial charge in [-0.1, -0.05) is 109 Å². The Morgan fingerprint density at radius 1 is 0.588 bits per heavy atom. The highest BCUT2D eigenvalue weighted by Crippen LogP contribution is 2.46. The minimum absolute atomic E-state index is 0.00167. The van der Waals surface area contributed by atoms with Crippen LogP contribution in [-0.2, 0) is 14.3 Å². The minimum Gasteiger partial charge on any atom is -0.462 e. The van der Waals surface area contributed by atoms with Crippen molar-refractivity contribution in [1.29, 1.82) is 0 Å². The zero-order chi connectivity index (χ0) is 23.8. The number of benzene rings is 4. The largest absolute Gasteiger partial charge is 0.462 e. The molecule has 0 unspecified atom stereocenters. The molecule has 0 aliphatic heterocycles. The molecule has 4 aromatic rings. The number of ether oxygens (including phenoxy) is 2. The molecule has 0 saturated carbocycles. The van der Waals surface area contributed by atoms with Crippen LogP contribution < -0.4 is 20.7 Å². The summed E-state index contributed by atoms with van der Waals surface area (Å²) in [4.78, 5) is 27.5. The summed E-state index contributed by atoms with van der Waals surface area (Å²) in [6, 6.07) is 37.8. The van der Waals surface area contributed by atoms with Gasteiger partial charge in [-0.15, -0.1) is 0 Å². The van der Waals surface area contributed by atoms with E-state index in [0.29, 0.717) is 5.75 Å². The molecular weight excluding hydrogens is 443 g/mol. The first-order chi connectivity index (χ1) is 16.7. The van der Waals surface area contributed by atoms with E-state index in [1.807, 2.05) is 97.1 Å². The summed E-state index contributed by atoms with van der Waals surface area (Å²) in [7, 11) is 0. The van der Waals surface area contributed by atoms with Crippen molar-refractivity contribution >= 4 is 40.0 Å². The van der Waals surface area contributed by atoms with E-state index in [9.17, 15) is 9.59 Å². The molecular formula is C29H25O4P. The molecule has 4 rings (SSSR count). The van der Waals surface area contributed by atoms with Gasteiger partial charge >= 0.3 is 11.9 Å². The van der Waals surface area contributed by atoms with E-state index in [0.717, 1.165) is 15.9 Å². The molecule has 0 bridgehead atoms. The summed E-state index contributed by atoms with van der Waals surface area (Å²) < 4.78 is 11.2. The lowest BCUT2D eigenvalue weighted by Gasteiger charge is -2.31. The van der Waals surface area contributed by atoms with Gasteiger partial charge in [0.25, 0.3) is 0 Å². The molecule has 0 fully saturated rings. The second-order valence-electron chi connectivity index (χ2n) is 7.45. The van der Waals surface area contributed by atoms with Crippen LogP contribution in [0.1, 0.15) is 6.92 Å². The molecule has 0 spiro atoms. The number of carbonyl (C=O) groups is 2. The lowest BCUT2D eigenvalue weighted by molar-refractivity contribution is -0.137. The number of hydrogen-bond acceptors (Lipinski definition) is 4. The van der Waals surface area contributed by atoms with Crippen molar-refractivity contribution in [3.05, 3.63) is 121 Å². The number of hydrogen-bond donors (Lipinski definition) is 0. The Hall–Kier alpha value is -3.88. The summed E-state index contributed by atoms with van der Waals surface area (Å²) in [5.41, 5.74) is 0. The molecule has 0 aliphatic carbocycles. The van der Waals surface area contributed by atoms with Crippen LogP contribution in [0.15, 0.2) is 121 Å². The maximum atomic E-state index is 13.9. The molecule has 4 aromatic carbocycles. The lowest BCUT2D eigenvalue weighted by atomic mass is 10.3. The van der Waals surface area contributed by atoms with Crippen LogP contribution in [0.3, 0.4) is 0 Å². The molecule has 0 heterocycles. The molecule has 0 aromatic heterocycles. The van der Waals surface area contributed by atoms with Gasteiger partial charge in [0.2, 0.25) is 0 Å². The molecule has 0 aliphatic rings. The predicted molar refractivity (Wildman–Crippen MR) is 139 cm³/mol. The van der Waals surface area contributed by atoms with Gasteiger partial charge in [-0.2, -0.15) is 0 Å². The highest BCUT2D eigenvalue weighted by molar-refractivity contribution is 7.97. The van der Waals surface area contributed by atoms with Crippen molar-refractivity contribution in [2.75, 3.05) is 6.61 Å². The Bertz CT molecular complexity index is 1200.